The largest absolute Gasteiger partial charge is 0.341 e. The smallest absolute Gasteiger partial charge is 0.0484 e. The fourth-order valence-electron chi connectivity index (χ4n) is 2.81. The molecule has 2 aromatic carbocycles. The second-order valence-electron chi connectivity index (χ2n) is 5.12. The number of anilines is 2. The molecule has 0 unspecified atom stereocenters. The van der Waals surface area contributed by atoms with Crippen molar-refractivity contribution in [3.8, 4) is 0 Å². The van der Waals surface area contributed by atoms with E-state index in [2.05, 4.69) is 73.5 Å². The quantitative estimate of drug-likeness (QED) is 0.702. The number of nitrogens with zero attached hydrogens (tertiary/aromatic N) is 1. The average Bonchev–Trinajstić information content (AvgIpc) is 2.69. The Kier molecular flexibility index (Phi) is 3.49. The van der Waals surface area contributed by atoms with Gasteiger partial charge >= 0.3 is 0 Å². The normalized spacial score (nSPS) is 12.3. The highest BCUT2D eigenvalue weighted by Gasteiger charge is 2.16. The standard InChI is InChI=1S/C20H19N/c1-4-15-7-11-19-17(13-15)9-10-18-14-16(5-2)8-12-20(18)21(19)6-3/h4-5,7-14H,1-2,6H2,3H3. The lowest BCUT2D eigenvalue weighted by Gasteiger charge is -2.25. The first-order valence-electron chi connectivity index (χ1n) is 7.25. The van der Waals surface area contributed by atoms with Gasteiger partial charge in [0.1, 0.15) is 0 Å². The van der Waals surface area contributed by atoms with E-state index in [-0.39, 0.29) is 0 Å². The van der Waals surface area contributed by atoms with E-state index in [0.29, 0.717) is 0 Å². The molecular weight excluding hydrogens is 254 g/mol. The van der Waals surface area contributed by atoms with Crippen LogP contribution in [0.3, 0.4) is 0 Å². The SMILES string of the molecule is C=Cc1ccc2c(c1)C=Cc1cc(C=C)ccc1N2CC. The summed E-state index contributed by atoms with van der Waals surface area (Å²) in [4.78, 5) is 2.35. The summed E-state index contributed by atoms with van der Waals surface area (Å²) in [5.74, 6) is 0. The molecule has 3 rings (SSSR count). The molecule has 1 heterocycles. The molecule has 0 fully saturated rings. The minimum atomic E-state index is 0.933. The van der Waals surface area contributed by atoms with Crippen LogP contribution in [0.1, 0.15) is 29.2 Å². The monoisotopic (exact) mass is 273 g/mol. The molecule has 1 heteroatoms. The van der Waals surface area contributed by atoms with Gasteiger partial charge in [0.25, 0.3) is 0 Å². The fraction of sp³-hybridized carbons (Fsp3) is 0.100. The van der Waals surface area contributed by atoms with Crippen LogP contribution in [-0.4, -0.2) is 6.54 Å². The Hall–Kier alpha value is -2.54. The number of hydrogen-bond acceptors (Lipinski definition) is 1. The maximum Gasteiger partial charge on any atom is 0.0484 e. The predicted molar refractivity (Wildman–Crippen MR) is 94.7 cm³/mol. The van der Waals surface area contributed by atoms with Crippen molar-refractivity contribution < 1.29 is 0 Å². The van der Waals surface area contributed by atoms with Crippen molar-refractivity contribution in [2.24, 2.45) is 0 Å². The van der Waals surface area contributed by atoms with E-state index in [1.54, 1.807) is 0 Å². The molecular formula is C20H19N. The van der Waals surface area contributed by atoms with E-state index < -0.39 is 0 Å². The second kappa shape index (κ2) is 5.45. The Balaban J connectivity index is 2.21. The first-order chi connectivity index (χ1) is 10.3. The molecule has 0 bridgehead atoms. The van der Waals surface area contributed by atoms with Crippen molar-refractivity contribution in [1.82, 2.24) is 0 Å². The van der Waals surface area contributed by atoms with Gasteiger partial charge in [0.2, 0.25) is 0 Å². The number of fused-ring (bicyclic) bond motifs is 2. The number of rotatable bonds is 3. The van der Waals surface area contributed by atoms with Crippen LogP contribution in [0, 0.1) is 0 Å². The summed E-state index contributed by atoms with van der Waals surface area (Å²) in [5, 5.41) is 0. The molecule has 0 saturated carbocycles. The fourth-order valence-corrected chi connectivity index (χ4v) is 2.81. The molecule has 21 heavy (non-hydrogen) atoms. The predicted octanol–water partition coefficient (Wildman–Crippen LogP) is 5.61. The third-order valence-electron chi connectivity index (χ3n) is 3.91. The molecule has 0 radical (unpaired) electrons. The average molecular weight is 273 g/mol. The van der Waals surface area contributed by atoms with Crippen LogP contribution in [0.15, 0.2) is 49.6 Å². The second-order valence-corrected chi connectivity index (χ2v) is 5.12. The maximum atomic E-state index is 3.86. The van der Waals surface area contributed by atoms with Gasteiger partial charge in [-0.05, 0) is 53.4 Å². The molecule has 1 aliphatic heterocycles. The third-order valence-corrected chi connectivity index (χ3v) is 3.91. The summed E-state index contributed by atoms with van der Waals surface area (Å²) in [5.41, 5.74) is 7.23. The van der Waals surface area contributed by atoms with Gasteiger partial charge < -0.3 is 4.90 Å². The topological polar surface area (TPSA) is 3.24 Å². The summed E-state index contributed by atoms with van der Waals surface area (Å²) in [6.45, 7) is 10.8. The van der Waals surface area contributed by atoms with Crippen LogP contribution < -0.4 is 4.90 Å². The molecule has 0 spiro atoms. The highest BCUT2D eigenvalue weighted by molar-refractivity contribution is 5.90. The molecule has 0 amide bonds. The summed E-state index contributed by atoms with van der Waals surface area (Å²) in [6, 6.07) is 13.0. The minimum absolute atomic E-state index is 0.933. The summed E-state index contributed by atoms with van der Waals surface area (Å²) in [6.07, 6.45) is 8.14. The van der Waals surface area contributed by atoms with Gasteiger partial charge in [-0.15, -0.1) is 0 Å². The Morgan fingerprint density at radius 1 is 0.857 bits per heavy atom. The van der Waals surface area contributed by atoms with Crippen LogP contribution in [0.2, 0.25) is 0 Å². The summed E-state index contributed by atoms with van der Waals surface area (Å²) in [7, 11) is 0. The lowest BCUT2D eigenvalue weighted by atomic mass is 10.1. The zero-order valence-electron chi connectivity index (χ0n) is 12.3. The Morgan fingerprint density at radius 2 is 1.33 bits per heavy atom. The Bertz CT molecular complexity index is 676. The van der Waals surface area contributed by atoms with E-state index in [0.717, 1.165) is 17.7 Å². The Morgan fingerprint density at radius 3 is 1.71 bits per heavy atom. The van der Waals surface area contributed by atoms with Crippen molar-refractivity contribution in [3.63, 3.8) is 0 Å². The first kappa shape index (κ1) is 13.4. The highest BCUT2D eigenvalue weighted by atomic mass is 15.1. The molecule has 0 atom stereocenters. The zero-order chi connectivity index (χ0) is 14.8. The molecule has 2 aromatic rings. The van der Waals surface area contributed by atoms with Crippen LogP contribution in [0.4, 0.5) is 11.4 Å². The minimum Gasteiger partial charge on any atom is -0.341 e. The molecule has 0 saturated heterocycles. The van der Waals surface area contributed by atoms with E-state index in [1.165, 1.54) is 22.5 Å². The van der Waals surface area contributed by atoms with E-state index in [1.807, 2.05) is 12.2 Å². The molecule has 104 valence electrons. The van der Waals surface area contributed by atoms with Gasteiger partial charge in [-0.2, -0.15) is 0 Å². The van der Waals surface area contributed by atoms with Gasteiger partial charge in [-0.3, -0.25) is 0 Å². The van der Waals surface area contributed by atoms with Gasteiger partial charge in [0, 0.05) is 17.9 Å². The van der Waals surface area contributed by atoms with Crippen molar-refractivity contribution in [2.45, 2.75) is 6.92 Å². The highest BCUT2D eigenvalue weighted by Crippen LogP contribution is 2.37. The van der Waals surface area contributed by atoms with Crippen LogP contribution in [0.5, 0.6) is 0 Å². The Labute approximate surface area is 126 Å². The van der Waals surface area contributed by atoms with Crippen LogP contribution in [-0.2, 0) is 0 Å². The molecule has 0 N–H and O–H groups in total. The zero-order valence-corrected chi connectivity index (χ0v) is 12.3. The van der Waals surface area contributed by atoms with E-state index in [4.69, 9.17) is 0 Å². The molecule has 1 nitrogen and oxygen atoms in total. The lowest BCUT2D eigenvalue weighted by molar-refractivity contribution is 1.02. The summed E-state index contributed by atoms with van der Waals surface area (Å²) < 4.78 is 0. The van der Waals surface area contributed by atoms with Crippen molar-refractivity contribution in [1.29, 1.82) is 0 Å². The van der Waals surface area contributed by atoms with Crippen molar-refractivity contribution >= 4 is 35.7 Å². The van der Waals surface area contributed by atoms with Crippen LogP contribution in [0.25, 0.3) is 24.3 Å². The first-order valence-corrected chi connectivity index (χ1v) is 7.25. The van der Waals surface area contributed by atoms with Gasteiger partial charge in [-0.25, -0.2) is 0 Å². The van der Waals surface area contributed by atoms with Crippen LogP contribution >= 0.6 is 0 Å². The number of benzene rings is 2. The number of hydrogen-bond donors (Lipinski definition) is 0. The van der Waals surface area contributed by atoms with E-state index in [9.17, 15) is 0 Å². The van der Waals surface area contributed by atoms with Crippen molar-refractivity contribution in [2.75, 3.05) is 11.4 Å². The third kappa shape index (κ3) is 2.31. The molecule has 0 aliphatic carbocycles. The van der Waals surface area contributed by atoms with Gasteiger partial charge in [0.15, 0.2) is 0 Å². The molecule has 1 aliphatic rings. The van der Waals surface area contributed by atoms with E-state index >= 15 is 0 Å². The van der Waals surface area contributed by atoms with Gasteiger partial charge in [-0.1, -0.05) is 49.6 Å². The summed E-state index contributed by atoms with van der Waals surface area (Å²) >= 11 is 0. The van der Waals surface area contributed by atoms with Crippen molar-refractivity contribution in [3.05, 3.63) is 71.8 Å². The molecule has 0 aromatic heterocycles. The maximum absolute atomic E-state index is 3.86. The lowest BCUT2D eigenvalue weighted by Crippen LogP contribution is -2.17. The van der Waals surface area contributed by atoms with Gasteiger partial charge in [0.05, 0.1) is 0 Å².